The molecule has 3 aromatic rings. The molecule has 2 aromatic carbocycles. The number of benzene rings is 2. The molecule has 5 nitrogen and oxygen atoms in total. The van der Waals surface area contributed by atoms with E-state index in [1.165, 1.54) is 17.1 Å². The molecule has 1 N–H and O–H groups in total. The third-order valence-corrected chi connectivity index (χ3v) is 7.77. The number of rotatable bonds is 7. The van der Waals surface area contributed by atoms with Crippen molar-refractivity contribution < 1.29 is 9.53 Å². The highest BCUT2D eigenvalue weighted by atomic mass is 35.5. The largest absolute Gasteiger partial charge is 0.484 e. The van der Waals surface area contributed by atoms with E-state index in [0.717, 1.165) is 11.4 Å². The second-order valence-corrected chi connectivity index (χ2v) is 9.66. The second kappa shape index (κ2) is 10.1. The fourth-order valence-corrected chi connectivity index (χ4v) is 5.95. The van der Waals surface area contributed by atoms with Crippen LogP contribution in [-0.4, -0.2) is 34.8 Å². The summed E-state index contributed by atoms with van der Waals surface area (Å²) in [6.07, 6.45) is 3.51. The van der Waals surface area contributed by atoms with Crippen molar-refractivity contribution in [1.29, 1.82) is 0 Å². The van der Waals surface area contributed by atoms with E-state index in [9.17, 15) is 4.79 Å². The number of carbonyl (C=O) groups is 1. The average Bonchev–Trinajstić information content (AvgIpc) is 3.46. The fraction of sp³-hybridized carbons (Fsp3) is 0.182. The molecule has 30 heavy (non-hydrogen) atoms. The zero-order valence-electron chi connectivity index (χ0n) is 16.0. The molecule has 0 spiro atoms. The lowest BCUT2D eigenvalue weighted by Gasteiger charge is -2.10. The summed E-state index contributed by atoms with van der Waals surface area (Å²) in [6.45, 7) is -0.0954. The molecule has 0 aliphatic carbocycles. The molecule has 1 aliphatic rings. The van der Waals surface area contributed by atoms with Crippen molar-refractivity contribution in [2.75, 3.05) is 18.1 Å². The minimum atomic E-state index is -0.318. The number of aromatic nitrogens is 1. The average molecular weight is 458 g/mol. The highest BCUT2D eigenvalue weighted by Gasteiger charge is 2.17. The first kappa shape index (κ1) is 20.9. The van der Waals surface area contributed by atoms with E-state index in [1.807, 2.05) is 82.8 Å². The van der Waals surface area contributed by atoms with Gasteiger partial charge in [-0.3, -0.25) is 4.79 Å². The van der Waals surface area contributed by atoms with Crippen LogP contribution in [0.3, 0.4) is 0 Å². The Morgan fingerprint density at radius 2 is 1.87 bits per heavy atom. The minimum absolute atomic E-state index is 0.0954. The van der Waals surface area contributed by atoms with Gasteiger partial charge in [0.1, 0.15) is 5.75 Å². The Kier molecular flexibility index (Phi) is 7.04. The summed E-state index contributed by atoms with van der Waals surface area (Å²) < 4.78 is 8.01. The van der Waals surface area contributed by atoms with Gasteiger partial charge in [0.2, 0.25) is 0 Å². The molecule has 1 saturated heterocycles. The molecular weight excluding hydrogens is 438 g/mol. The number of nitrogens with one attached hydrogen (secondary N) is 1. The van der Waals surface area contributed by atoms with Crippen molar-refractivity contribution >= 4 is 47.2 Å². The van der Waals surface area contributed by atoms with Gasteiger partial charge in [0.05, 0.1) is 16.5 Å². The van der Waals surface area contributed by atoms with Gasteiger partial charge in [0.15, 0.2) is 6.61 Å². The number of carbonyl (C=O) groups excluding carboxylic acids is 1. The predicted octanol–water partition coefficient (Wildman–Crippen LogP) is 5.14. The lowest BCUT2D eigenvalue weighted by atomic mass is 10.2. The van der Waals surface area contributed by atoms with Crippen molar-refractivity contribution in [2.45, 2.75) is 4.58 Å². The Bertz CT molecular complexity index is 1010. The maximum absolute atomic E-state index is 12.0. The van der Waals surface area contributed by atoms with Crippen molar-refractivity contribution in [1.82, 2.24) is 9.99 Å². The molecule has 154 valence electrons. The molecule has 1 aliphatic heterocycles. The first-order chi connectivity index (χ1) is 14.7. The van der Waals surface area contributed by atoms with Crippen LogP contribution in [0.5, 0.6) is 5.75 Å². The van der Waals surface area contributed by atoms with Gasteiger partial charge in [0.25, 0.3) is 5.91 Å². The van der Waals surface area contributed by atoms with Gasteiger partial charge in [-0.1, -0.05) is 23.7 Å². The van der Waals surface area contributed by atoms with Crippen molar-refractivity contribution in [3.63, 3.8) is 0 Å². The Balaban J connectivity index is 1.27. The molecule has 1 amide bonds. The van der Waals surface area contributed by atoms with Crippen LogP contribution in [-0.2, 0) is 4.79 Å². The zero-order chi connectivity index (χ0) is 20.8. The van der Waals surface area contributed by atoms with Crippen molar-refractivity contribution in [3.05, 3.63) is 83.1 Å². The number of thioether (sulfide) groups is 2. The van der Waals surface area contributed by atoms with E-state index in [4.69, 9.17) is 16.3 Å². The van der Waals surface area contributed by atoms with E-state index in [-0.39, 0.29) is 12.5 Å². The molecule has 1 aromatic heterocycles. The van der Waals surface area contributed by atoms with Crippen LogP contribution in [0, 0.1) is 0 Å². The van der Waals surface area contributed by atoms with E-state index in [0.29, 0.717) is 15.4 Å². The summed E-state index contributed by atoms with van der Waals surface area (Å²) in [5, 5.41) is 4.72. The van der Waals surface area contributed by atoms with Gasteiger partial charge in [-0.05, 0) is 54.1 Å². The first-order valence-corrected chi connectivity index (χ1v) is 11.9. The SMILES string of the molecule is O=C(COc1ccc(C2SCCS2)cc1)N/N=C\c1cccn1-c1ccc(Cl)cc1. The molecule has 0 atom stereocenters. The van der Waals surface area contributed by atoms with Crippen LogP contribution in [0.1, 0.15) is 15.8 Å². The Hall–Kier alpha value is -2.35. The van der Waals surface area contributed by atoms with Gasteiger partial charge in [-0.25, -0.2) is 5.43 Å². The highest BCUT2D eigenvalue weighted by molar-refractivity contribution is 8.19. The highest BCUT2D eigenvalue weighted by Crippen LogP contribution is 2.45. The summed E-state index contributed by atoms with van der Waals surface area (Å²) in [5.41, 5.74) is 5.57. The van der Waals surface area contributed by atoms with E-state index in [2.05, 4.69) is 22.7 Å². The number of hydrazone groups is 1. The molecule has 1 fully saturated rings. The van der Waals surface area contributed by atoms with E-state index < -0.39 is 0 Å². The number of halogens is 1. The summed E-state index contributed by atoms with van der Waals surface area (Å²) in [6, 6.07) is 19.2. The van der Waals surface area contributed by atoms with Crippen LogP contribution in [0.4, 0.5) is 0 Å². The molecule has 0 unspecified atom stereocenters. The minimum Gasteiger partial charge on any atom is -0.484 e. The Labute approximate surface area is 188 Å². The standard InChI is InChI=1S/C22H20ClN3O2S2/c23-17-5-7-18(8-6-17)26-11-1-2-19(26)14-24-25-21(27)15-28-20-9-3-16(4-10-20)22-29-12-13-30-22/h1-11,14,22H,12-13,15H2,(H,25,27)/b24-14-. The molecule has 8 heteroatoms. The Morgan fingerprint density at radius 3 is 2.60 bits per heavy atom. The van der Waals surface area contributed by atoms with Crippen molar-refractivity contribution in [2.24, 2.45) is 5.10 Å². The third-order valence-electron chi connectivity index (χ3n) is 4.42. The molecular formula is C22H20ClN3O2S2. The first-order valence-electron chi connectivity index (χ1n) is 9.40. The predicted molar refractivity (Wildman–Crippen MR) is 126 cm³/mol. The third kappa shape index (κ3) is 5.41. The number of hydrogen-bond acceptors (Lipinski definition) is 5. The number of ether oxygens (including phenoxy) is 1. The molecule has 0 saturated carbocycles. The van der Waals surface area contributed by atoms with Crippen molar-refractivity contribution in [3.8, 4) is 11.4 Å². The fourth-order valence-electron chi connectivity index (χ4n) is 2.96. The lowest BCUT2D eigenvalue weighted by molar-refractivity contribution is -0.123. The number of nitrogens with zero attached hydrogens (tertiary/aromatic N) is 2. The summed E-state index contributed by atoms with van der Waals surface area (Å²) in [4.78, 5) is 12.0. The Morgan fingerprint density at radius 1 is 1.13 bits per heavy atom. The van der Waals surface area contributed by atoms with E-state index >= 15 is 0 Å². The molecule has 4 rings (SSSR count). The van der Waals surface area contributed by atoms with Gasteiger partial charge in [0, 0.05) is 28.4 Å². The van der Waals surface area contributed by atoms with Gasteiger partial charge in [-0.15, -0.1) is 23.5 Å². The topological polar surface area (TPSA) is 55.6 Å². The van der Waals surface area contributed by atoms with Crippen LogP contribution in [0.15, 0.2) is 72.0 Å². The van der Waals surface area contributed by atoms with E-state index in [1.54, 1.807) is 6.21 Å². The quantitative estimate of drug-likeness (QED) is 0.394. The van der Waals surface area contributed by atoms with Crippen LogP contribution in [0.2, 0.25) is 5.02 Å². The van der Waals surface area contributed by atoms with Gasteiger partial charge in [-0.2, -0.15) is 5.10 Å². The summed E-state index contributed by atoms with van der Waals surface area (Å²) in [7, 11) is 0. The summed E-state index contributed by atoms with van der Waals surface area (Å²) in [5.74, 6) is 2.74. The van der Waals surface area contributed by atoms with Gasteiger partial charge >= 0.3 is 0 Å². The second-order valence-electron chi connectivity index (χ2n) is 6.50. The van der Waals surface area contributed by atoms with Crippen LogP contribution < -0.4 is 10.2 Å². The number of hydrogen-bond donors (Lipinski definition) is 1. The smallest absolute Gasteiger partial charge is 0.277 e. The van der Waals surface area contributed by atoms with Crippen LogP contribution >= 0.6 is 35.1 Å². The van der Waals surface area contributed by atoms with Gasteiger partial charge < -0.3 is 9.30 Å². The number of amides is 1. The lowest BCUT2D eigenvalue weighted by Crippen LogP contribution is -2.24. The summed E-state index contributed by atoms with van der Waals surface area (Å²) >= 11 is 9.87. The maximum atomic E-state index is 12.0. The zero-order valence-corrected chi connectivity index (χ0v) is 18.4. The maximum Gasteiger partial charge on any atom is 0.277 e. The normalized spacial score (nSPS) is 14.3. The molecule has 0 bridgehead atoms. The molecule has 2 heterocycles. The monoisotopic (exact) mass is 457 g/mol. The van der Waals surface area contributed by atoms with Crippen LogP contribution in [0.25, 0.3) is 5.69 Å². The molecule has 0 radical (unpaired) electrons.